The van der Waals surface area contributed by atoms with Gasteiger partial charge in [-0.25, -0.2) is 0 Å². The SMILES string of the molecule is CCOc1ccc(CNc2ccc(C#N)cc2Cl)cc1. The maximum atomic E-state index is 8.79. The molecule has 0 saturated carbocycles. The maximum absolute atomic E-state index is 8.79. The van der Waals surface area contributed by atoms with E-state index in [1.807, 2.05) is 37.3 Å². The minimum atomic E-state index is 0.551. The molecule has 2 aromatic rings. The Morgan fingerprint density at radius 1 is 1.20 bits per heavy atom. The van der Waals surface area contributed by atoms with Crippen LogP contribution in [0.15, 0.2) is 42.5 Å². The van der Waals surface area contributed by atoms with Crippen molar-refractivity contribution in [1.29, 1.82) is 5.26 Å². The molecule has 2 aromatic carbocycles. The fraction of sp³-hybridized carbons (Fsp3) is 0.188. The molecule has 2 rings (SSSR count). The minimum absolute atomic E-state index is 0.551. The lowest BCUT2D eigenvalue weighted by molar-refractivity contribution is 0.340. The molecular formula is C16H15ClN2O. The Labute approximate surface area is 123 Å². The summed E-state index contributed by atoms with van der Waals surface area (Å²) in [6, 6.07) is 15.2. The van der Waals surface area contributed by atoms with Crippen molar-refractivity contribution in [3.05, 3.63) is 58.6 Å². The fourth-order valence-corrected chi connectivity index (χ4v) is 2.04. The van der Waals surface area contributed by atoms with Crippen LogP contribution in [-0.4, -0.2) is 6.61 Å². The Kier molecular flexibility index (Phi) is 4.86. The Morgan fingerprint density at radius 2 is 1.95 bits per heavy atom. The summed E-state index contributed by atoms with van der Waals surface area (Å²) in [5.74, 6) is 0.868. The summed E-state index contributed by atoms with van der Waals surface area (Å²) in [6.07, 6.45) is 0. The second-order valence-electron chi connectivity index (χ2n) is 4.24. The molecule has 0 fully saturated rings. The zero-order chi connectivity index (χ0) is 14.4. The van der Waals surface area contributed by atoms with Gasteiger partial charge in [-0.3, -0.25) is 0 Å². The Balaban J connectivity index is 2.00. The number of halogens is 1. The number of nitriles is 1. The molecule has 0 amide bonds. The van der Waals surface area contributed by atoms with Gasteiger partial charge in [-0.1, -0.05) is 23.7 Å². The van der Waals surface area contributed by atoms with Crippen LogP contribution in [0.4, 0.5) is 5.69 Å². The van der Waals surface area contributed by atoms with E-state index in [0.717, 1.165) is 17.0 Å². The Hall–Kier alpha value is -2.18. The van der Waals surface area contributed by atoms with Crippen LogP contribution in [0.1, 0.15) is 18.1 Å². The molecular weight excluding hydrogens is 272 g/mol. The van der Waals surface area contributed by atoms with E-state index >= 15 is 0 Å². The van der Waals surface area contributed by atoms with Crippen molar-refractivity contribution < 1.29 is 4.74 Å². The molecule has 1 N–H and O–H groups in total. The number of rotatable bonds is 5. The lowest BCUT2D eigenvalue weighted by Crippen LogP contribution is -2.00. The van der Waals surface area contributed by atoms with E-state index in [2.05, 4.69) is 11.4 Å². The van der Waals surface area contributed by atoms with Gasteiger partial charge in [0.2, 0.25) is 0 Å². The first-order chi connectivity index (χ1) is 9.72. The lowest BCUT2D eigenvalue weighted by atomic mass is 10.2. The predicted octanol–water partition coefficient (Wildman–Crippen LogP) is 4.22. The molecule has 0 unspecified atom stereocenters. The van der Waals surface area contributed by atoms with E-state index in [0.29, 0.717) is 23.7 Å². The normalized spacial score (nSPS) is 9.85. The van der Waals surface area contributed by atoms with E-state index in [1.54, 1.807) is 12.1 Å². The summed E-state index contributed by atoms with van der Waals surface area (Å²) in [7, 11) is 0. The first kappa shape index (κ1) is 14.2. The van der Waals surface area contributed by atoms with Gasteiger partial charge in [-0.05, 0) is 42.8 Å². The standard InChI is InChI=1S/C16H15ClN2O/c1-2-20-14-6-3-12(4-7-14)11-19-16-8-5-13(10-18)9-15(16)17/h3-9,19H,2,11H2,1H3. The molecule has 0 aliphatic heterocycles. The van der Waals surface area contributed by atoms with Crippen LogP contribution in [0.25, 0.3) is 0 Å². The second kappa shape index (κ2) is 6.83. The van der Waals surface area contributed by atoms with Crippen molar-refractivity contribution >= 4 is 17.3 Å². The van der Waals surface area contributed by atoms with Crippen molar-refractivity contribution in [2.24, 2.45) is 0 Å². The highest BCUT2D eigenvalue weighted by atomic mass is 35.5. The van der Waals surface area contributed by atoms with Crippen molar-refractivity contribution in [2.75, 3.05) is 11.9 Å². The predicted molar refractivity (Wildman–Crippen MR) is 81.1 cm³/mol. The third kappa shape index (κ3) is 3.66. The molecule has 0 aromatic heterocycles. The van der Waals surface area contributed by atoms with E-state index < -0.39 is 0 Å². The molecule has 102 valence electrons. The van der Waals surface area contributed by atoms with Crippen LogP contribution in [0, 0.1) is 11.3 Å². The highest BCUT2D eigenvalue weighted by molar-refractivity contribution is 6.33. The van der Waals surface area contributed by atoms with Gasteiger partial charge in [-0.15, -0.1) is 0 Å². The molecule has 0 aliphatic rings. The number of hydrogen-bond donors (Lipinski definition) is 1. The number of benzene rings is 2. The first-order valence-electron chi connectivity index (χ1n) is 6.38. The number of anilines is 1. The lowest BCUT2D eigenvalue weighted by Gasteiger charge is -2.09. The molecule has 20 heavy (non-hydrogen) atoms. The number of ether oxygens (including phenoxy) is 1. The van der Waals surface area contributed by atoms with E-state index in [4.69, 9.17) is 21.6 Å². The van der Waals surface area contributed by atoms with Gasteiger partial charge in [0, 0.05) is 6.54 Å². The quantitative estimate of drug-likeness (QED) is 0.895. The van der Waals surface area contributed by atoms with Gasteiger partial charge in [0.05, 0.1) is 28.9 Å². The van der Waals surface area contributed by atoms with Crippen molar-refractivity contribution in [3.8, 4) is 11.8 Å². The third-order valence-electron chi connectivity index (χ3n) is 2.82. The average Bonchev–Trinajstić information content (AvgIpc) is 2.48. The molecule has 0 radical (unpaired) electrons. The highest BCUT2D eigenvalue weighted by Crippen LogP contribution is 2.23. The van der Waals surface area contributed by atoms with E-state index in [1.165, 1.54) is 0 Å². The van der Waals surface area contributed by atoms with Crippen LogP contribution in [0.5, 0.6) is 5.75 Å². The molecule has 0 saturated heterocycles. The Morgan fingerprint density at radius 3 is 2.55 bits per heavy atom. The topological polar surface area (TPSA) is 45.0 Å². The number of nitrogens with one attached hydrogen (secondary N) is 1. The molecule has 0 bridgehead atoms. The van der Waals surface area contributed by atoms with Gasteiger partial charge >= 0.3 is 0 Å². The van der Waals surface area contributed by atoms with Gasteiger partial charge < -0.3 is 10.1 Å². The largest absolute Gasteiger partial charge is 0.494 e. The van der Waals surface area contributed by atoms with Gasteiger partial charge in [0.25, 0.3) is 0 Å². The van der Waals surface area contributed by atoms with Crippen LogP contribution in [0.2, 0.25) is 5.02 Å². The zero-order valence-corrected chi connectivity index (χ0v) is 11.9. The summed E-state index contributed by atoms with van der Waals surface area (Å²) in [4.78, 5) is 0. The zero-order valence-electron chi connectivity index (χ0n) is 11.2. The van der Waals surface area contributed by atoms with Gasteiger partial charge in [0.15, 0.2) is 0 Å². The average molecular weight is 287 g/mol. The van der Waals surface area contributed by atoms with Crippen LogP contribution in [-0.2, 0) is 6.54 Å². The summed E-state index contributed by atoms with van der Waals surface area (Å²) in [5.41, 5.74) is 2.51. The molecule has 0 aliphatic carbocycles. The monoisotopic (exact) mass is 286 g/mol. The molecule has 0 heterocycles. The molecule has 0 atom stereocenters. The summed E-state index contributed by atoms with van der Waals surface area (Å²) in [6.45, 7) is 3.29. The van der Waals surface area contributed by atoms with E-state index in [9.17, 15) is 0 Å². The number of hydrogen-bond acceptors (Lipinski definition) is 3. The smallest absolute Gasteiger partial charge is 0.119 e. The minimum Gasteiger partial charge on any atom is -0.494 e. The first-order valence-corrected chi connectivity index (χ1v) is 6.76. The van der Waals surface area contributed by atoms with E-state index in [-0.39, 0.29) is 0 Å². The van der Waals surface area contributed by atoms with Crippen molar-refractivity contribution in [3.63, 3.8) is 0 Å². The van der Waals surface area contributed by atoms with Crippen molar-refractivity contribution in [1.82, 2.24) is 0 Å². The highest BCUT2D eigenvalue weighted by Gasteiger charge is 2.02. The fourth-order valence-electron chi connectivity index (χ4n) is 1.80. The van der Waals surface area contributed by atoms with Crippen LogP contribution in [0.3, 0.4) is 0 Å². The molecule has 3 nitrogen and oxygen atoms in total. The van der Waals surface area contributed by atoms with Crippen LogP contribution >= 0.6 is 11.6 Å². The summed E-state index contributed by atoms with van der Waals surface area (Å²) < 4.78 is 5.40. The molecule has 4 heteroatoms. The second-order valence-corrected chi connectivity index (χ2v) is 4.64. The summed E-state index contributed by atoms with van der Waals surface area (Å²) >= 11 is 6.11. The number of nitrogens with zero attached hydrogens (tertiary/aromatic N) is 1. The molecule has 0 spiro atoms. The van der Waals surface area contributed by atoms with Gasteiger partial charge in [-0.2, -0.15) is 5.26 Å². The van der Waals surface area contributed by atoms with Crippen molar-refractivity contribution in [2.45, 2.75) is 13.5 Å². The summed E-state index contributed by atoms with van der Waals surface area (Å²) in [5, 5.41) is 12.6. The maximum Gasteiger partial charge on any atom is 0.119 e. The van der Waals surface area contributed by atoms with Gasteiger partial charge in [0.1, 0.15) is 5.75 Å². The Bertz CT molecular complexity index is 617. The third-order valence-corrected chi connectivity index (χ3v) is 3.13. The van der Waals surface area contributed by atoms with Crippen LogP contribution < -0.4 is 10.1 Å².